The minimum Gasteiger partial charge on any atom is -0.479 e. The van der Waals surface area contributed by atoms with Crippen LogP contribution >= 0.6 is 0 Å². The fourth-order valence-electron chi connectivity index (χ4n) is 2.37. The molecular weight excluding hydrogens is 281 g/mol. The largest absolute Gasteiger partial charge is 0.479 e. The average molecular weight is 297 g/mol. The number of carbonyl (C=O) groups is 2. The van der Waals surface area contributed by atoms with Crippen molar-refractivity contribution in [1.82, 2.24) is 0 Å². The van der Waals surface area contributed by atoms with Crippen LogP contribution in [0.1, 0.15) is 23.7 Å². The molecule has 0 aliphatic carbocycles. The average Bonchev–Trinajstić information content (AvgIpc) is 2.80. The van der Waals surface area contributed by atoms with Crippen LogP contribution in [0.4, 0.5) is 10.1 Å². The third-order valence-electron chi connectivity index (χ3n) is 3.68. The summed E-state index contributed by atoms with van der Waals surface area (Å²) in [5, 5.41) is 12.2. The summed E-state index contributed by atoms with van der Waals surface area (Å²) in [6.45, 7) is 1.95. The summed E-state index contributed by atoms with van der Waals surface area (Å²) < 4.78 is 23.6. The fraction of sp³-hybridized carbons (Fsp3) is 0.429. The Morgan fingerprint density at radius 2 is 2.24 bits per heavy atom. The molecule has 1 aliphatic rings. The molecule has 2 unspecified atom stereocenters. The van der Waals surface area contributed by atoms with Gasteiger partial charge in [-0.3, -0.25) is 0 Å². The first-order chi connectivity index (χ1) is 9.90. The maximum Gasteiger partial charge on any atom is 0.340 e. The summed E-state index contributed by atoms with van der Waals surface area (Å²) in [6.07, 6.45) is -0.289. The lowest BCUT2D eigenvalue weighted by Gasteiger charge is -2.29. The molecule has 0 radical (unpaired) electrons. The zero-order valence-corrected chi connectivity index (χ0v) is 11.7. The van der Waals surface area contributed by atoms with Gasteiger partial charge in [0.2, 0.25) is 0 Å². The summed E-state index contributed by atoms with van der Waals surface area (Å²) in [6, 6.07) is 3.76. The van der Waals surface area contributed by atoms with Crippen molar-refractivity contribution in [2.24, 2.45) is 0 Å². The molecule has 2 rings (SSSR count). The van der Waals surface area contributed by atoms with Gasteiger partial charge in [0.15, 0.2) is 5.54 Å². The van der Waals surface area contributed by atoms with Crippen LogP contribution in [0.25, 0.3) is 0 Å². The van der Waals surface area contributed by atoms with Gasteiger partial charge < -0.3 is 19.9 Å². The van der Waals surface area contributed by atoms with Crippen LogP contribution in [0.15, 0.2) is 18.2 Å². The SMILES string of the molecule is COC(=O)c1ccc(NC2(C(=O)O)CCOC2C)cc1F. The van der Waals surface area contributed by atoms with Crippen LogP contribution in [0.5, 0.6) is 0 Å². The van der Waals surface area contributed by atoms with Crippen LogP contribution < -0.4 is 5.32 Å². The van der Waals surface area contributed by atoms with E-state index in [0.717, 1.165) is 13.2 Å². The second-order valence-electron chi connectivity index (χ2n) is 4.85. The Bertz CT molecular complexity index is 576. The van der Waals surface area contributed by atoms with E-state index in [1.165, 1.54) is 12.1 Å². The van der Waals surface area contributed by atoms with Gasteiger partial charge in [-0.15, -0.1) is 0 Å². The molecule has 21 heavy (non-hydrogen) atoms. The fourth-order valence-corrected chi connectivity index (χ4v) is 2.37. The van der Waals surface area contributed by atoms with Crippen LogP contribution in [0.3, 0.4) is 0 Å². The molecule has 6 nitrogen and oxygen atoms in total. The summed E-state index contributed by atoms with van der Waals surface area (Å²) in [5.74, 6) is -2.63. The highest BCUT2D eigenvalue weighted by Crippen LogP contribution is 2.31. The van der Waals surface area contributed by atoms with Crippen molar-refractivity contribution in [3.8, 4) is 0 Å². The number of carbonyl (C=O) groups excluding carboxylic acids is 1. The lowest BCUT2D eigenvalue weighted by Crippen LogP contribution is -2.51. The second-order valence-corrected chi connectivity index (χ2v) is 4.85. The zero-order valence-electron chi connectivity index (χ0n) is 11.7. The molecule has 0 saturated carbocycles. The molecule has 0 bridgehead atoms. The van der Waals surface area contributed by atoms with Gasteiger partial charge in [0.1, 0.15) is 5.82 Å². The number of ether oxygens (including phenoxy) is 2. The summed E-state index contributed by atoms with van der Waals surface area (Å²) in [7, 11) is 1.16. The van der Waals surface area contributed by atoms with Gasteiger partial charge in [0.05, 0.1) is 18.8 Å². The number of hydrogen-bond donors (Lipinski definition) is 2. The Labute approximate surface area is 120 Å². The van der Waals surface area contributed by atoms with Crippen LogP contribution in [0.2, 0.25) is 0 Å². The van der Waals surface area contributed by atoms with Gasteiger partial charge in [-0.05, 0) is 25.1 Å². The molecule has 7 heteroatoms. The highest BCUT2D eigenvalue weighted by Gasteiger charge is 2.48. The molecule has 1 heterocycles. The van der Waals surface area contributed by atoms with Crippen molar-refractivity contribution in [1.29, 1.82) is 0 Å². The lowest BCUT2D eigenvalue weighted by molar-refractivity contribution is -0.143. The monoisotopic (exact) mass is 297 g/mol. The van der Waals surface area contributed by atoms with Gasteiger partial charge in [0, 0.05) is 18.7 Å². The molecule has 1 aromatic rings. The van der Waals surface area contributed by atoms with Crippen molar-refractivity contribution in [2.45, 2.75) is 25.0 Å². The molecule has 2 atom stereocenters. The number of esters is 1. The minimum atomic E-state index is -1.31. The topological polar surface area (TPSA) is 84.9 Å². The first kappa shape index (κ1) is 15.2. The van der Waals surface area contributed by atoms with Crippen LogP contribution in [-0.4, -0.2) is 42.4 Å². The standard InChI is InChI=1S/C14H16FNO5/c1-8-14(13(18)19,5-6-21-8)16-9-3-4-10(11(15)7-9)12(17)20-2/h3-4,7-8,16H,5-6H2,1-2H3,(H,18,19). The molecule has 114 valence electrons. The third-order valence-corrected chi connectivity index (χ3v) is 3.68. The smallest absolute Gasteiger partial charge is 0.340 e. The van der Waals surface area contributed by atoms with E-state index in [1.54, 1.807) is 6.92 Å². The number of nitrogens with one attached hydrogen (secondary N) is 1. The van der Waals surface area contributed by atoms with Gasteiger partial charge in [-0.1, -0.05) is 0 Å². The highest BCUT2D eigenvalue weighted by atomic mass is 19.1. The molecule has 2 N–H and O–H groups in total. The molecule has 0 amide bonds. The first-order valence-electron chi connectivity index (χ1n) is 6.42. The first-order valence-corrected chi connectivity index (χ1v) is 6.42. The van der Waals surface area contributed by atoms with E-state index in [2.05, 4.69) is 10.1 Å². The van der Waals surface area contributed by atoms with Crippen molar-refractivity contribution >= 4 is 17.6 Å². The number of aliphatic carboxylic acids is 1. The van der Waals surface area contributed by atoms with E-state index < -0.39 is 29.4 Å². The summed E-state index contributed by atoms with van der Waals surface area (Å²) in [5.41, 5.74) is -1.25. The van der Waals surface area contributed by atoms with Gasteiger partial charge in [-0.2, -0.15) is 0 Å². The van der Waals surface area contributed by atoms with E-state index in [1.807, 2.05) is 0 Å². The van der Waals surface area contributed by atoms with Crippen molar-refractivity contribution < 1.29 is 28.6 Å². The number of carboxylic acid groups (broad SMARTS) is 1. The van der Waals surface area contributed by atoms with Crippen molar-refractivity contribution in [2.75, 3.05) is 19.0 Å². The zero-order chi connectivity index (χ0) is 15.6. The van der Waals surface area contributed by atoms with Crippen LogP contribution in [0, 0.1) is 5.82 Å². The van der Waals surface area contributed by atoms with Gasteiger partial charge in [-0.25, -0.2) is 14.0 Å². The third kappa shape index (κ3) is 2.69. The molecule has 1 saturated heterocycles. The highest BCUT2D eigenvalue weighted by molar-refractivity contribution is 5.90. The Morgan fingerprint density at radius 1 is 1.52 bits per heavy atom. The van der Waals surface area contributed by atoms with Gasteiger partial charge in [0.25, 0.3) is 0 Å². The van der Waals surface area contributed by atoms with Crippen molar-refractivity contribution in [3.05, 3.63) is 29.6 Å². The number of halogens is 1. The Balaban J connectivity index is 2.29. The molecule has 1 fully saturated rings. The normalized spacial score (nSPS) is 24.6. The number of anilines is 1. The Morgan fingerprint density at radius 3 is 2.71 bits per heavy atom. The van der Waals surface area contributed by atoms with E-state index in [9.17, 15) is 19.1 Å². The van der Waals surface area contributed by atoms with Crippen molar-refractivity contribution in [3.63, 3.8) is 0 Å². The molecule has 0 aromatic heterocycles. The van der Waals surface area contributed by atoms with E-state index in [-0.39, 0.29) is 17.7 Å². The quantitative estimate of drug-likeness (QED) is 0.822. The number of rotatable bonds is 4. The lowest BCUT2D eigenvalue weighted by atomic mass is 9.91. The summed E-state index contributed by atoms with van der Waals surface area (Å²) in [4.78, 5) is 22.9. The van der Waals surface area contributed by atoms with Gasteiger partial charge >= 0.3 is 11.9 Å². The molecule has 1 aromatic carbocycles. The van der Waals surface area contributed by atoms with E-state index in [0.29, 0.717) is 6.61 Å². The number of hydrogen-bond acceptors (Lipinski definition) is 5. The van der Waals surface area contributed by atoms with Crippen LogP contribution in [-0.2, 0) is 14.3 Å². The van der Waals surface area contributed by atoms with E-state index in [4.69, 9.17) is 4.74 Å². The molecule has 1 aliphatic heterocycles. The summed E-state index contributed by atoms with van der Waals surface area (Å²) >= 11 is 0. The minimum absolute atomic E-state index is 0.205. The molecule has 0 spiro atoms. The predicted octanol–water partition coefficient (Wildman–Crippen LogP) is 1.66. The number of benzene rings is 1. The Hall–Kier alpha value is -2.15. The number of methoxy groups -OCH3 is 1. The Kier molecular flexibility index (Phi) is 4.13. The second kappa shape index (κ2) is 5.69. The maximum atomic E-state index is 13.9. The molecular formula is C14H16FNO5. The predicted molar refractivity (Wildman–Crippen MR) is 71.8 cm³/mol. The maximum absolute atomic E-state index is 13.9. The van der Waals surface area contributed by atoms with E-state index >= 15 is 0 Å². The number of carboxylic acids is 1.